The molecule has 0 aliphatic heterocycles. The SMILES string of the molecule is C=CC(=O)NCCC[NH+](C)C.NCC(=O)[O-]. The summed E-state index contributed by atoms with van der Waals surface area (Å²) in [6, 6.07) is 0. The van der Waals surface area contributed by atoms with Crippen LogP contribution in [0, 0.1) is 0 Å². The van der Waals surface area contributed by atoms with Crippen molar-refractivity contribution in [3.05, 3.63) is 12.7 Å². The number of carbonyl (C=O) groups is 2. The molecule has 6 nitrogen and oxygen atoms in total. The van der Waals surface area contributed by atoms with Crippen LogP contribution in [0.25, 0.3) is 0 Å². The molecule has 0 aliphatic rings. The van der Waals surface area contributed by atoms with E-state index in [1.54, 1.807) is 0 Å². The van der Waals surface area contributed by atoms with Crippen LogP contribution in [-0.4, -0.2) is 45.6 Å². The van der Waals surface area contributed by atoms with Crippen LogP contribution in [-0.2, 0) is 9.59 Å². The number of hydrogen-bond donors (Lipinski definition) is 3. The van der Waals surface area contributed by atoms with Crippen LogP contribution >= 0.6 is 0 Å². The smallest absolute Gasteiger partial charge is 0.243 e. The number of nitrogens with one attached hydrogen (secondary N) is 2. The van der Waals surface area contributed by atoms with Crippen molar-refractivity contribution in [2.75, 3.05) is 33.7 Å². The van der Waals surface area contributed by atoms with Gasteiger partial charge in [0, 0.05) is 19.5 Å². The van der Waals surface area contributed by atoms with Crippen molar-refractivity contribution in [3.8, 4) is 0 Å². The van der Waals surface area contributed by atoms with Gasteiger partial charge in [0.15, 0.2) is 0 Å². The van der Waals surface area contributed by atoms with Crippen LogP contribution in [0.15, 0.2) is 12.7 Å². The maximum Gasteiger partial charge on any atom is 0.243 e. The lowest BCUT2D eigenvalue weighted by Gasteiger charge is -2.06. The first-order valence-electron chi connectivity index (χ1n) is 5.03. The Kier molecular flexibility index (Phi) is 12.4. The van der Waals surface area contributed by atoms with Gasteiger partial charge in [-0.25, -0.2) is 0 Å². The first-order valence-corrected chi connectivity index (χ1v) is 5.03. The van der Waals surface area contributed by atoms with Crippen LogP contribution < -0.4 is 21.1 Å². The number of quaternary nitrogens is 1. The first kappa shape index (κ1) is 17.0. The molecule has 4 N–H and O–H groups in total. The average molecular weight is 231 g/mol. The van der Waals surface area contributed by atoms with Crippen LogP contribution in [0.1, 0.15) is 6.42 Å². The molecule has 0 atom stereocenters. The van der Waals surface area contributed by atoms with E-state index in [0.29, 0.717) is 0 Å². The second kappa shape index (κ2) is 11.7. The largest absolute Gasteiger partial charge is 0.549 e. The molecule has 0 aromatic heterocycles. The molecular formula is C10H21N3O3. The highest BCUT2D eigenvalue weighted by Gasteiger charge is 1.94. The topological polar surface area (TPSA) is 99.7 Å². The third-order valence-electron chi connectivity index (χ3n) is 1.50. The summed E-state index contributed by atoms with van der Waals surface area (Å²) in [6.07, 6.45) is 2.31. The number of nitrogens with two attached hydrogens (primary N) is 1. The third-order valence-corrected chi connectivity index (χ3v) is 1.50. The van der Waals surface area contributed by atoms with Crippen LogP contribution in [0.3, 0.4) is 0 Å². The van der Waals surface area contributed by atoms with Crippen molar-refractivity contribution in [2.24, 2.45) is 5.73 Å². The van der Waals surface area contributed by atoms with Gasteiger partial charge in [-0.05, 0) is 6.08 Å². The zero-order valence-electron chi connectivity index (χ0n) is 9.91. The van der Waals surface area contributed by atoms with Gasteiger partial charge < -0.3 is 25.9 Å². The summed E-state index contributed by atoms with van der Waals surface area (Å²) in [5.41, 5.74) is 4.51. The Morgan fingerprint density at radius 3 is 2.31 bits per heavy atom. The van der Waals surface area contributed by atoms with E-state index in [4.69, 9.17) is 9.90 Å². The van der Waals surface area contributed by atoms with E-state index in [0.717, 1.165) is 19.5 Å². The van der Waals surface area contributed by atoms with E-state index in [2.05, 4.69) is 31.7 Å². The molecule has 0 spiro atoms. The summed E-state index contributed by atoms with van der Waals surface area (Å²) in [5.74, 6) is -1.30. The second-order valence-corrected chi connectivity index (χ2v) is 3.38. The number of carbonyl (C=O) groups excluding carboxylic acids is 2. The normalized spacial score (nSPS) is 9.00. The molecule has 0 fully saturated rings. The Bertz CT molecular complexity index is 217. The highest BCUT2D eigenvalue weighted by atomic mass is 16.4. The highest BCUT2D eigenvalue weighted by molar-refractivity contribution is 5.86. The first-order chi connectivity index (χ1) is 7.43. The lowest BCUT2D eigenvalue weighted by molar-refractivity contribution is -0.858. The molecule has 0 aromatic rings. The molecule has 0 unspecified atom stereocenters. The maximum absolute atomic E-state index is 10.6. The van der Waals surface area contributed by atoms with Gasteiger partial charge in [-0.15, -0.1) is 0 Å². The van der Waals surface area contributed by atoms with Gasteiger partial charge in [0.25, 0.3) is 0 Å². The van der Waals surface area contributed by atoms with Crippen LogP contribution in [0.4, 0.5) is 0 Å². The fraction of sp³-hybridized carbons (Fsp3) is 0.600. The molecule has 0 heterocycles. The summed E-state index contributed by atoms with van der Waals surface area (Å²) in [4.78, 5) is 21.2. The fourth-order valence-electron chi connectivity index (χ4n) is 0.726. The lowest BCUT2D eigenvalue weighted by Crippen LogP contribution is -3.05. The van der Waals surface area contributed by atoms with Crippen molar-refractivity contribution >= 4 is 11.9 Å². The van der Waals surface area contributed by atoms with E-state index >= 15 is 0 Å². The Morgan fingerprint density at radius 2 is 2.00 bits per heavy atom. The molecule has 0 radical (unpaired) electrons. The molecule has 16 heavy (non-hydrogen) atoms. The molecule has 0 aliphatic carbocycles. The highest BCUT2D eigenvalue weighted by Crippen LogP contribution is 1.70. The predicted octanol–water partition coefficient (Wildman–Crippen LogP) is -3.48. The predicted molar refractivity (Wildman–Crippen MR) is 59.6 cm³/mol. The van der Waals surface area contributed by atoms with E-state index in [-0.39, 0.29) is 12.5 Å². The summed E-state index contributed by atoms with van der Waals surface area (Å²) >= 11 is 0. The van der Waals surface area contributed by atoms with Gasteiger partial charge in [-0.2, -0.15) is 0 Å². The number of hydrogen-bond acceptors (Lipinski definition) is 4. The molecule has 1 amide bonds. The van der Waals surface area contributed by atoms with Crippen LogP contribution in [0.2, 0.25) is 0 Å². The summed E-state index contributed by atoms with van der Waals surface area (Å²) < 4.78 is 0. The molecule has 0 rings (SSSR count). The van der Waals surface area contributed by atoms with E-state index in [9.17, 15) is 4.79 Å². The fourth-order valence-corrected chi connectivity index (χ4v) is 0.726. The Labute approximate surface area is 96.1 Å². The van der Waals surface area contributed by atoms with Gasteiger partial charge in [0.1, 0.15) is 0 Å². The van der Waals surface area contributed by atoms with Gasteiger partial charge in [-0.1, -0.05) is 6.58 Å². The minimum absolute atomic E-state index is 0.0845. The van der Waals surface area contributed by atoms with Crippen LogP contribution in [0.5, 0.6) is 0 Å². The number of carboxylic acids is 1. The molecule has 0 saturated carbocycles. The maximum atomic E-state index is 10.6. The molecule has 0 bridgehead atoms. The average Bonchev–Trinajstić information content (AvgIpc) is 2.24. The molecule has 0 aromatic carbocycles. The Hall–Kier alpha value is -1.40. The quantitative estimate of drug-likeness (QED) is 0.326. The van der Waals surface area contributed by atoms with Crippen molar-refractivity contribution < 1.29 is 19.6 Å². The Balaban J connectivity index is 0. The van der Waals surface area contributed by atoms with Gasteiger partial charge in [-0.3, -0.25) is 4.79 Å². The van der Waals surface area contributed by atoms with Crippen molar-refractivity contribution in [1.82, 2.24) is 5.32 Å². The number of amides is 1. The number of carboxylic acid groups (broad SMARTS) is 1. The second-order valence-electron chi connectivity index (χ2n) is 3.38. The zero-order chi connectivity index (χ0) is 13.0. The van der Waals surface area contributed by atoms with E-state index in [1.807, 2.05) is 0 Å². The standard InChI is InChI=1S/C8H16N2O.C2H5NO2/c1-4-8(11)9-6-5-7-10(2)3;3-1-2(4)5/h4H,1,5-7H2,2-3H3,(H,9,11);1,3H2,(H,4,5). The summed E-state index contributed by atoms with van der Waals surface area (Å²) in [5, 5.41) is 11.8. The summed E-state index contributed by atoms with van der Waals surface area (Å²) in [6.45, 7) is 4.80. The molecule has 6 heteroatoms. The van der Waals surface area contributed by atoms with Crippen molar-refractivity contribution in [3.63, 3.8) is 0 Å². The lowest BCUT2D eigenvalue weighted by atomic mass is 10.4. The monoisotopic (exact) mass is 231 g/mol. The van der Waals surface area contributed by atoms with E-state index in [1.165, 1.54) is 11.0 Å². The Morgan fingerprint density at radius 1 is 1.50 bits per heavy atom. The van der Waals surface area contributed by atoms with Crippen molar-refractivity contribution in [1.29, 1.82) is 0 Å². The molecule has 94 valence electrons. The number of aliphatic carboxylic acids is 1. The zero-order valence-corrected chi connectivity index (χ0v) is 9.91. The van der Waals surface area contributed by atoms with E-state index < -0.39 is 5.97 Å². The van der Waals surface area contributed by atoms with Gasteiger partial charge in [0.2, 0.25) is 5.91 Å². The minimum atomic E-state index is -1.22. The minimum Gasteiger partial charge on any atom is -0.549 e. The third kappa shape index (κ3) is 18.4. The van der Waals surface area contributed by atoms with Gasteiger partial charge in [0.05, 0.1) is 26.6 Å². The molecular weight excluding hydrogens is 210 g/mol. The van der Waals surface area contributed by atoms with Gasteiger partial charge >= 0.3 is 0 Å². The molecule has 0 saturated heterocycles. The summed E-state index contributed by atoms with van der Waals surface area (Å²) in [7, 11) is 4.19. The number of rotatable bonds is 6. The van der Waals surface area contributed by atoms with Crippen molar-refractivity contribution in [2.45, 2.75) is 6.42 Å².